The Morgan fingerprint density at radius 1 is 0.273 bits per heavy atom. The summed E-state index contributed by atoms with van der Waals surface area (Å²) in [4.78, 5) is 0. The van der Waals surface area contributed by atoms with Gasteiger partial charge in [-0.15, -0.1) is 32.9 Å². The molecule has 5 heteroatoms. The van der Waals surface area contributed by atoms with Crippen molar-refractivity contribution in [1.29, 1.82) is 0 Å². The van der Waals surface area contributed by atoms with Crippen molar-refractivity contribution in [2.24, 2.45) is 0 Å². The molecule has 0 aliphatic heterocycles. The smallest absolute Gasteiger partial charge is 0.248 e. The second kappa shape index (κ2) is 13.0. The highest BCUT2D eigenvalue weighted by Crippen LogP contribution is 2.45. The summed E-state index contributed by atoms with van der Waals surface area (Å²) in [6.07, 6.45) is 0. The van der Waals surface area contributed by atoms with E-state index in [4.69, 9.17) is 4.42 Å². The minimum atomic E-state index is 0.502. The Morgan fingerprint density at radius 3 is 0.891 bits per heavy atom. The van der Waals surface area contributed by atoms with Gasteiger partial charge in [-0.3, -0.25) is 0 Å². The molecule has 3 heterocycles. The topological polar surface area (TPSA) is 38.9 Å². The summed E-state index contributed by atoms with van der Waals surface area (Å²) in [5.74, 6) is 1.00. The Balaban J connectivity index is 0.883. The van der Waals surface area contributed by atoms with Gasteiger partial charge in [-0.1, -0.05) is 158 Å². The van der Waals surface area contributed by atoms with Crippen LogP contribution in [0.4, 0.5) is 0 Å². The van der Waals surface area contributed by atoms with Crippen LogP contribution >= 0.6 is 22.7 Å². The number of fused-ring (bicyclic) bond motifs is 6. The summed E-state index contributed by atoms with van der Waals surface area (Å²) in [7, 11) is 0. The van der Waals surface area contributed by atoms with Crippen molar-refractivity contribution < 1.29 is 4.42 Å². The lowest BCUT2D eigenvalue weighted by Crippen LogP contribution is -1.81. The molecule has 8 aromatic carbocycles. The summed E-state index contributed by atoms with van der Waals surface area (Å²) < 4.78 is 11.5. The third-order valence-electron chi connectivity index (χ3n) is 10.5. The van der Waals surface area contributed by atoms with Gasteiger partial charge in [0, 0.05) is 51.5 Å². The van der Waals surface area contributed by atoms with Gasteiger partial charge in [-0.2, -0.15) is 0 Å². The van der Waals surface area contributed by atoms with E-state index in [2.05, 4.69) is 192 Å². The van der Waals surface area contributed by atoms with Crippen LogP contribution in [-0.4, -0.2) is 10.2 Å². The maximum Gasteiger partial charge on any atom is 0.248 e. The molecule has 0 amide bonds. The first kappa shape index (κ1) is 31.8. The van der Waals surface area contributed by atoms with Crippen LogP contribution in [0.1, 0.15) is 0 Å². The molecule has 0 saturated carbocycles. The van der Waals surface area contributed by atoms with Crippen molar-refractivity contribution in [1.82, 2.24) is 10.2 Å². The molecule has 0 aliphatic rings. The minimum absolute atomic E-state index is 0.502. The highest BCUT2D eigenvalue weighted by molar-refractivity contribution is 7.27. The van der Waals surface area contributed by atoms with Crippen molar-refractivity contribution in [3.63, 3.8) is 0 Å². The lowest BCUT2D eigenvalue weighted by molar-refractivity contribution is 0.584. The molecule has 3 nitrogen and oxygen atoms in total. The molecule has 0 fully saturated rings. The number of thiophene rings is 2. The maximum absolute atomic E-state index is 6.26. The molecule has 0 bridgehead atoms. The van der Waals surface area contributed by atoms with Crippen LogP contribution in [0.15, 0.2) is 186 Å². The standard InChI is InChI=1S/C50H30N2OS2/c1-3-11-31(12-4-1)37-15-7-19-41-43-21-9-17-39(47(43)54-45(37)41)33-23-27-35(28-24-33)49-51-52-50(53-49)36-29-25-34(26-30-36)40-18-10-22-44-42-20-8-16-38(46(42)55-48(40)44)32-13-5-2-6-14-32/h1-30H. The van der Waals surface area contributed by atoms with Gasteiger partial charge < -0.3 is 4.42 Å². The molecule has 0 atom stereocenters. The van der Waals surface area contributed by atoms with Gasteiger partial charge >= 0.3 is 0 Å². The van der Waals surface area contributed by atoms with Gasteiger partial charge in [0.05, 0.1) is 0 Å². The van der Waals surface area contributed by atoms with Gasteiger partial charge in [-0.25, -0.2) is 0 Å². The van der Waals surface area contributed by atoms with Gasteiger partial charge in [0.1, 0.15) is 0 Å². The SMILES string of the molecule is c1ccc(-c2cccc3c2sc2c(-c4ccc(-c5nnc(-c6ccc(-c7cccc8c7sc7c(-c9ccccc9)cccc78)cc6)o5)cc4)cccc23)cc1. The molecular formula is C50H30N2OS2. The Kier molecular flexibility index (Phi) is 7.54. The molecule has 55 heavy (non-hydrogen) atoms. The van der Waals surface area contributed by atoms with Gasteiger partial charge in [0.25, 0.3) is 0 Å². The molecule has 3 aromatic heterocycles. The Labute approximate surface area is 325 Å². The van der Waals surface area contributed by atoms with Crippen molar-refractivity contribution >= 4 is 63.0 Å². The van der Waals surface area contributed by atoms with E-state index in [-0.39, 0.29) is 0 Å². The van der Waals surface area contributed by atoms with E-state index in [0.717, 1.165) is 22.3 Å². The molecule has 11 aromatic rings. The Bertz CT molecular complexity index is 2960. The van der Waals surface area contributed by atoms with E-state index < -0.39 is 0 Å². The first-order chi connectivity index (χ1) is 27.3. The number of benzene rings is 8. The second-order valence-corrected chi connectivity index (χ2v) is 15.8. The van der Waals surface area contributed by atoms with E-state index >= 15 is 0 Å². The van der Waals surface area contributed by atoms with Crippen LogP contribution in [0.2, 0.25) is 0 Å². The molecule has 11 rings (SSSR count). The van der Waals surface area contributed by atoms with E-state index in [1.807, 2.05) is 22.7 Å². The highest BCUT2D eigenvalue weighted by atomic mass is 32.1. The van der Waals surface area contributed by atoms with E-state index in [1.165, 1.54) is 73.7 Å². The van der Waals surface area contributed by atoms with E-state index in [1.54, 1.807) is 0 Å². The fourth-order valence-corrected chi connectivity index (χ4v) is 10.6. The first-order valence-electron chi connectivity index (χ1n) is 18.3. The Morgan fingerprint density at radius 2 is 0.564 bits per heavy atom. The predicted molar refractivity (Wildman–Crippen MR) is 233 cm³/mol. The zero-order valence-corrected chi connectivity index (χ0v) is 31.1. The van der Waals surface area contributed by atoms with Crippen LogP contribution in [0.25, 0.3) is 108 Å². The molecule has 0 unspecified atom stereocenters. The fourth-order valence-electron chi connectivity index (χ4n) is 7.83. The van der Waals surface area contributed by atoms with Gasteiger partial charge in [0.2, 0.25) is 11.8 Å². The van der Waals surface area contributed by atoms with Gasteiger partial charge in [-0.05, 0) is 68.8 Å². The predicted octanol–water partition coefficient (Wildman–Crippen LogP) is 14.8. The minimum Gasteiger partial charge on any atom is -0.416 e. The molecule has 0 N–H and O–H groups in total. The third-order valence-corrected chi connectivity index (χ3v) is 13.1. The van der Waals surface area contributed by atoms with Crippen molar-refractivity contribution in [2.75, 3.05) is 0 Å². The second-order valence-electron chi connectivity index (χ2n) is 13.7. The number of hydrogen-bond acceptors (Lipinski definition) is 5. The van der Waals surface area contributed by atoms with Crippen molar-refractivity contribution in [2.45, 2.75) is 0 Å². The van der Waals surface area contributed by atoms with Gasteiger partial charge in [0.15, 0.2) is 0 Å². The van der Waals surface area contributed by atoms with Crippen LogP contribution in [0.3, 0.4) is 0 Å². The quantitative estimate of drug-likeness (QED) is 0.170. The highest BCUT2D eigenvalue weighted by Gasteiger charge is 2.17. The lowest BCUT2D eigenvalue weighted by Gasteiger charge is -2.05. The summed E-state index contributed by atoms with van der Waals surface area (Å²) in [6.45, 7) is 0. The molecule has 0 spiro atoms. The van der Waals surface area contributed by atoms with E-state index in [0.29, 0.717) is 11.8 Å². The largest absolute Gasteiger partial charge is 0.416 e. The zero-order valence-electron chi connectivity index (χ0n) is 29.4. The average molecular weight is 739 g/mol. The lowest BCUT2D eigenvalue weighted by atomic mass is 9.99. The number of rotatable bonds is 6. The molecule has 258 valence electrons. The number of aromatic nitrogens is 2. The summed E-state index contributed by atoms with van der Waals surface area (Å²) in [5, 5.41) is 14.0. The number of hydrogen-bond donors (Lipinski definition) is 0. The first-order valence-corrected chi connectivity index (χ1v) is 19.9. The maximum atomic E-state index is 6.26. The van der Waals surface area contributed by atoms with Crippen LogP contribution < -0.4 is 0 Å². The molecule has 0 saturated heterocycles. The fraction of sp³-hybridized carbons (Fsp3) is 0. The monoisotopic (exact) mass is 738 g/mol. The zero-order chi connectivity index (χ0) is 36.3. The molecule has 0 aliphatic carbocycles. The summed E-state index contributed by atoms with van der Waals surface area (Å²) >= 11 is 3.73. The summed E-state index contributed by atoms with van der Waals surface area (Å²) in [6, 6.07) is 64.7. The normalized spacial score (nSPS) is 11.6. The van der Waals surface area contributed by atoms with Crippen molar-refractivity contribution in [3.8, 4) is 67.4 Å². The van der Waals surface area contributed by atoms with Crippen molar-refractivity contribution in [3.05, 3.63) is 182 Å². The Hall–Kier alpha value is -6.66. The average Bonchev–Trinajstić information content (AvgIpc) is 4.01. The van der Waals surface area contributed by atoms with E-state index in [9.17, 15) is 0 Å². The number of nitrogens with zero attached hydrogens (tertiary/aromatic N) is 2. The third kappa shape index (κ3) is 5.39. The summed E-state index contributed by atoms with van der Waals surface area (Å²) in [5.41, 5.74) is 11.6. The van der Waals surface area contributed by atoms with Crippen LogP contribution in [0.5, 0.6) is 0 Å². The molecular weight excluding hydrogens is 709 g/mol. The van der Waals surface area contributed by atoms with Crippen LogP contribution in [0, 0.1) is 0 Å². The molecule has 0 radical (unpaired) electrons. The van der Waals surface area contributed by atoms with Crippen LogP contribution in [-0.2, 0) is 0 Å².